The van der Waals surface area contributed by atoms with Crippen molar-refractivity contribution in [1.29, 1.82) is 0 Å². The van der Waals surface area contributed by atoms with Gasteiger partial charge in [0.15, 0.2) is 0 Å². The molecule has 0 aliphatic carbocycles. The average Bonchev–Trinajstić information content (AvgIpc) is 2.91. The molecule has 2 aromatic rings. The summed E-state index contributed by atoms with van der Waals surface area (Å²) in [6, 6.07) is 8.20. The van der Waals surface area contributed by atoms with Gasteiger partial charge in [0.05, 0.1) is 15.2 Å². The molecule has 2 rings (SSSR count). The van der Waals surface area contributed by atoms with Crippen LogP contribution in [0, 0.1) is 0 Å². The van der Waals surface area contributed by atoms with Crippen molar-refractivity contribution >= 4 is 52.3 Å². The van der Waals surface area contributed by atoms with Crippen molar-refractivity contribution in [2.24, 2.45) is 5.73 Å². The molecule has 0 aliphatic rings. The van der Waals surface area contributed by atoms with Gasteiger partial charge in [0.1, 0.15) is 0 Å². The number of nitrogens with two attached hydrogens (primary N) is 1. The van der Waals surface area contributed by atoms with Gasteiger partial charge in [0.2, 0.25) is 5.91 Å². The highest BCUT2D eigenvalue weighted by Gasteiger charge is 2.04. The van der Waals surface area contributed by atoms with E-state index in [9.17, 15) is 4.79 Å². The molecular formula is C16H25Cl2N3OS. The Labute approximate surface area is 154 Å². The number of fused-ring (bicyclic) bond motifs is 1. The number of aryl methyl sites for hydroxylation is 1. The van der Waals surface area contributed by atoms with Crippen LogP contribution < -0.4 is 11.1 Å². The number of para-hydroxylation sites is 1. The van der Waals surface area contributed by atoms with Crippen molar-refractivity contribution in [3.8, 4) is 0 Å². The topological polar surface area (TPSA) is 68.0 Å². The molecule has 0 aliphatic heterocycles. The summed E-state index contributed by atoms with van der Waals surface area (Å²) >= 11 is 1.75. The van der Waals surface area contributed by atoms with Crippen LogP contribution in [0.5, 0.6) is 0 Å². The Hall–Kier alpha value is -0.880. The molecule has 0 spiro atoms. The van der Waals surface area contributed by atoms with Crippen molar-refractivity contribution in [2.45, 2.75) is 38.5 Å². The van der Waals surface area contributed by atoms with Gasteiger partial charge in [-0.1, -0.05) is 12.1 Å². The predicted octanol–water partition coefficient (Wildman–Crippen LogP) is 3.71. The number of nitrogens with one attached hydrogen (secondary N) is 1. The number of unbranched alkanes of at least 4 members (excludes halogenated alkanes) is 2. The van der Waals surface area contributed by atoms with Crippen molar-refractivity contribution in [3.63, 3.8) is 0 Å². The molecule has 1 amide bonds. The Morgan fingerprint density at radius 1 is 1.13 bits per heavy atom. The van der Waals surface area contributed by atoms with Crippen LogP contribution >= 0.6 is 36.2 Å². The maximum absolute atomic E-state index is 11.6. The van der Waals surface area contributed by atoms with Crippen LogP contribution in [-0.2, 0) is 11.2 Å². The summed E-state index contributed by atoms with van der Waals surface area (Å²) in [6.07, 6.45) is 5.42. The molecule has 1 aromatic heterocycles. The maximum atomic E-state index is 11.6. The smallest absolute Gasteiger partial charge is 0.219 e. The number of halogens is 2. The van der Waals surface area contributed by atoms with E-state index in [1.807, 2.05) is 18.2 Å². The zero-order valence-electron chi connectivity index (χ0n) is 13.1. The van der Waals surface area contributed by atoms with Crippen LogP contribution in [0.3, 0.4) is 0 Å². The summed E-state index contributed by atoms with van der Waals surface area (Å²) in [5, 5.41) is 4.10. The van der Waals surface area contributed by atoms with Gasteiger partial charge in [-0.05, 0) is 50.8 Å². The first kappa shape index (κ1) is 22.1. The minimum absolute atomic E-state index is 0. The average molecular weight is 378 g/mol. The second-order valence-electron chi connectivity index (χ2n) is 5.13. The van der Waals surface area contributed by atoms with Gasteiger partial charge in [-0.2, -0.15) is 0 Å². The van der Waals surface area contributed by atoms with Crippen LogP contribution in [-0.4, -0.2) is 24.0 Å². The van der Waals surface area contributed by atoms with Crippen LogP contribution in [0.2, 0.25) is 0 Å². The van der Waals surface area contributed by atoms with Crippen LogP contribution in [0.4, 0.5) is 0 Å². The third kappa shape index (κ3) is 7.97. The number of nitrogens with zero attached hydrogens (tertiary/aromatic N) is 1. The molecule has 0 bridgehead atoms. The van der Waals surface area contributed by atoms with E-state index in [0.717, 1.165) is 44.2 Å². The number of hydrogen-bond donors (Lipinski definition) is 2. The molecule has 0 saturated heterocycles. The maximum Gasteiger partial charge on any atom is 0.219 e. The monoisotopic (exact) mass is 377 g/mol. The van der Waals surface area contributed by atoms with Gasteiger partial charge in [0, 0.05) is 13.0 Å². The van der Waals surface area contributed by atoms with Gasteiger partial charge in [-0.3, -0.25) is 4.79 Å². The molecular weight excluding hydrogens is 353 g/mol. The van der Waals surface area contributed by atoms with Crippen LogP contribution in [0.25, 0.3) is 10.2 Å². The van der Waals surface area contributed by atoms with Crippen molar-refractivity contribution in [3.05, 3.63) is 29.3 Å². The Kier molecular flexibility index (Phi) is 12.1. The second-order valence-corrected chi connectivity index (χ2v) is 6.24. The minimum atomic E-state index is 0. The minimum Gasteiger partial charge on any atom is -0.356 e. The molecule has 1 heterocycles. The zero-order valence-corrected chi connectivity index (χ0v) is 15.6. The fourth-order valence-electron chi connectivity index (χ4n) is 2.17. The summed E-state index contributed by atoms with van der Waals surface area (Å²) in [5.74, 6) is 0.149. The molecule has 7 heteroatoms. The lowest BCUT2D eigenvalue weighted by Gasteiger charge is -2.04. The summed E-state index contributed by atoms with van der Waals surface area (Å²) in [7, 11) is 0. The zero-order chi connectivity index (χ0) is 14.9. The van der Waals surface area contributed by atoms with E-state index < -0.39 is 0 Å². The summed E-state index contributed by atoms with van der Waals surface area (Å²) in [6.45, 7) is 1.44. The molecule has 0 atom stereocenters. The van der Waals surface area contributed by atoms with Crippen molar-refractivity contribution < 1.29 is 4.79 Å². The van der Waals surface area contributed by atoms with Crippen LogP contribution in [0.1, 0.15) is 37.1 Å². The Bertz CT molecular complexity index is 544. The first-order chi connectivity index (χ1) is 10.3. The largest absolute Gasteiger partial charge is 0.356 e. The normalized spacial score (nSPS) is 9.96. The standard InChI is InChI=1S/C16H23N3OS.2ClH/c17-11-5-6-12-18-15(20)9-3-4-10-16-19-13-7-1-2-8-14(13)21-16;;/h1-2,7-8H,3-6,9-12,17H2,(H,18,20);2*1H. The van der Waals surface area contributed by atoms with Gasteiger partial charge in [-0.15, -0.1) is 36.2 Å². The Balaban J connectivity index is 0.00000242. The lowest BCUT2D eigenvalue weighted by molar-refractivity contribution is -0.121. The fraction of sp³-hybridized carbons (Fsp3) is 0.500. The molecule has 4 nitrogen and oxygen atoms in total. The third-order valence-corrected chi connectivity index (χ3v) is 4.43. The summed E-state index contributed by atoms with van der Waals surface area (Å²) in [5.41, 5.74) is 6.49. The van der Waals surface area contributed by atoms with E-state index in [4.69, 9.17) is 5.73 Å². The summed E-state index contributed by atoms with van der Waals surface area (Å²) < 4.78 is 1.24. The molecule has 0 saturated carbocycles. The van der Waals surface area contributed by atoms with Gasteiger partial charge >= 0.3 is 0 Å². The predicted molar refractivity (Wildman–Crippen MR) is 103 cm³/mol. The molecule has 0 unspecified atom stereocenters. The lowest BCUT2D eigenvalue weighted by atomic mass is 10.2. The highest BCUT2D eigenvalue weighted by atomic mass is 35.5. The van der Waals surface area contributed by atoms with Crippen molar-refractivity contribution in [2.75, 3.05) is 13.1 Å². The Morgan fingerprint density at radius 3 is 2.65 bits per heavy atom. The molecule has 0 fully saturated rings. The van der Waals surface area contributed by atoms with Crippen molar-refractivity contribution in [1.82, 2.24) is 10.3 Å². The van der Waals surface area contributed by atoms with E-state index in [1.54, 1.807) is 11.3 Å². The number of amides is 1. The highest BCUT2D eigenvalue weighted by molar-refractivity contribution is 7.18. The van der Waals surface area contributed by atoms with Crippen LogP contribution in [0.15, 0.2) is 24.3 Å². The first-order valence-electron chi connectivity index (χ1n) is 7.61. The van der Waals surface area contributed by atoms with E-state index in [1.165, 1.54) is 9.71 Å². The van der Waals surface area contributed by atoms with E-state index >= 15 is 0 Å². The van der Waals surface area contributed by atoms with E-state index in [0.29, 0.717) is 13.0 Å². The quantitative estimate of drug-likeness (QED) is 0.654. The molecule has 0 radical (unpaired) electrons. The van der Waals surface area contributed by atoms with E-state index in [-0.39, 0.29) is 30.7 Å². The van der Waals surface area contributed by atoms with Gasteiger partial charge < -0.3 is 11.1 Å². The number of aromatic nitrogens is 1. The number of thiazole rings is 1. The number of carbonyl (C=O) groups excluding carboxylic acids is 1. The SMILES string of the molecule is Cl.Cl.NCCCCNC(=O)CCCCc1nc2ccccc2s1. The fourth-order valence-corrected chi connectivity index (χ4v) is 3.18. The number of carbonyl (C=O) groups is 1. The van der Waals surface area contributed by atoms with Gasteiger partial charge in [0.25, 0.3) is 0 Å². The number of hydrogen-bond acceptors (Lipinski definition) is 4. The Morgan fingerprint density at radius 2 is 1.91 bits per heavy atom. The summed E-state index contributed by atoms with van der Waals surface area (Å²) in [4.78, 5) is 16.2. The molecule has 1 aromatic carbocycles. The highest BCUT2D eigenvalue weighted by Crippen LogP contribution is 2.22. The van der Waals surface area contributed by atoms with Gasteiger partial charge in [-0.25, -0.2) is 4.98 Å². The number of benzene rings is 1. The lowest BCUT2D eigenvalue weighted by Crippen LogP contribution is -2.24. The number of rotatable bonds is 9. The molecule has 3 N–H and O–H groups in total. The molecule has 23 heavy (non-hydrogen) atoms. The van der Waals surface area contributed by atoms with E-state index in [2.05, 4.69) is 16.4 Å². The second kappa shape index (κ2) is 12.5. The first-order valence-corrected chi connectivity index (χ1v) is 8.42. The molecule has 130 valence electrons. The third-order valence-electron chi connectivity index (χ3n) is 3.34.